The molecule has 0 saturated heterocycles. The number of anilines is 1. The SMILES string of the molecule is CCNC(=O)[C@H](Cc1ccccc1)N(Cc1ccc(Cl)c(Cl)c1)C(=O)CN(c1cccc([N+](=O)[O-])c1)S(C)(=O)=O. The van der Waals surface area contributed by atoms with Gasteiger partial charge in [0.1, 0.15) is 12.6 Å². The molecule has 0 aliphatic heterocycles. The number of nitro groups is 1. The fourth-order valence-electron chi connectivity index (χ4n) is 4.06. The molecule has 10 nitrogen and oxygen atoms in total. The summed E-state index contributed by atoms with van der Waals surface area (Å²) >= 11 is 12.3. The Kier molecular flexibility index (Phi) is 10.5. The molecule has 0 heterocycles. The summed E-state index contributed by atoms with van der Waals surface area (Å²) in [4.78, 5) is 39.2. The van der Waals surface area contributed by atoms with E-state index < -0.39 is 39.3 Å². The summed E-state index contributed by atoms with van der Waals surface area (Å²) in [5.74, 6) is -1.13. The van der Waals surface area contributed by atoms with Crippen molar-refractivity contribution in [1.82, 2.24) is 10.2 Å². The maximum absolute atomic E-state index is 13.9. The number of amides is 2. The van der Waals surface area contributed by atoms with E-state index in [1.165, 1.54) is 23.1 Å². The smallest absolute Gasteiger partial charge is 0.271 e. The van der Waals surface area contributed by atoms with Crippen molar-refractivity contribution in [2.75, 3.05) is 23.7 Å². The van der Waals surface area contributed by atoms with Crippen LogP contribution >= 0.6 is 23.2 Å². The topological polar surface area (TPSA) is 130 Å². The monoisotopic (exact) mass is 606 g/mol. The molecule has 3 rings (SSSR count). The number of halogens is 2. The van der Waals surface area contributed by atoms with Crippen LogP contribution in [-0.2, 0) is 32.6 Å². The lowest BCUT2D eigenvalue weighted by Gasteiger charge is -2.33. The summed E-state index contributed by atoms with van der Waals surface area (Å²) in [6.07, 6.45) is 1.04. The molecule has 212 valence electrons. The molecule has 13 heteroatoms. The number of carbonyl (C=O) groups excluding carboxylic acids is 2. The quantitative estimate of drug-likeness (QED) is 0.239. The van der Waals surface area contributed by atoms with E-state index in [9.17, 15) is 28.1 Å². The summed E-state index contributed by atoms with van der Waals surface area (Å²) in [6, 6.07) is 17.8. The van der Waals surface area contributed by atoms with Crippen molar-refractivity contribution in [3.8, 4) is 0 Å². The van der Waals surface area contributed by atoms with Crippen LogP contribution in [0.5, 0.6) is 0 Å². The first-order valence-corrected chi connectivity index (χ1v) is 14.8. The number of likely N-dealkylation sites (N-methyl/N-ethyl adjacent to an activating group) is 1. The van der Waals surface area contributed by atoms with E-state index >= 15 is 0 Å². The van der Waals surface area contributed by atoms with Gasteiger partial charge in [-0.2, -0.15) is 0 Å². The van der Waals surface area contributed by atoms with Crippen LogP contribution in [0.2, 0.25) is 10.0 Å². The third kappa shape index (κ3) is 8.17. The number of hydrogen-bond acceptors (Lipinski definition) is 6. The zero-order valence-corrected chi connectivity index (χ0v) is 24.1. The summed E-state index contributed by atoms with van der Waals surface area (Å²) in [7, 11) is -4.07. The number of sulfonamides is 1. The molecule has 0 aliphatic carbocycles. The summed E-state index contributed by atoms with van der Waals surface area (Å²) in [5.41, 5.74) is 0.948. The van der Waals surface area contributed by atoms with Gasteiger partial charge in [-0.25, -0.2) is 8.42 Å². The van der Waals surface area contributed by atoms with Crippen molar-refractivity contribution < 1.29 is 22.9 Å². The number of hydrogen-bond donors (Lipinski definition) is 1. The molecule has 3 aromatic carbocycles. The summed E-state index contributed by atoms with van der Waals surface area (Å²) in [5, 5.41) is 14.6. The molecule has 0 spiro atoms. The normalized spacial score (nSPS) is 11.9. The largest absolute Gasteiger partial charge is 0.355 e. The molecule has 0 saturated carbocycles. The minimum atomic E-state index is -4.07. The van der Waals surface area contributed by atoms with Crippen molar-refractivity contribution >= 4 is 56.4 Å². The molecule has 40 heavy (non-hydrogen) atoms. The fraction of sp³-hybridized carbons (Fsp3) is 0.259. The van der Waals surface area contributed by atoms with Crippen molar-refractivity contribution in [2.24, 2.45) is 0 Å². The highest BCUT2D eigenvalue weighted by atomic mass is 35.5. The van der Waals surface area contributed by atoms with Gasteiger partial charge in [-0.15, -0.1) is 0 Å². The number of nitro benzene ring substituents is 1. The Labute approximate surface area is 242 Å². The molecule has 1 N–H and O–H groups in total. The van der Waals surface area contributed by atoms with Gasteiger partial charge in [0.05, 0.1) is 26.9 Å². The number of rotatable bonds is 12. The van der Waals surface area contributed by atoms with Crippen LogP contribution < -0.4 is 9.62 Å². The van der Waals surface area contributed by atoms with Crippen LogP contribution in [0.4, 0.5) is 11.4 Å². The van der Waals surface area contributed by atoms with Crippen molar-refractivity contribution in [1.29, 1.82) is 0 Å². The summed E-state index contributed by atoms with van der Waals surface area (Å²) in [6.45, 7) is 1.27. The highest BCUT2D eigenvalue weighted by Crippen LogP contribution is 2.26. The lowest BCUT2D eigenvalue weighted by Crippen LogP contribution is -2.53. The maximum atomic E-state index is 13.9. The third-order valence-electron chi connectivity index (χ3n) is 5.97. The van der Waals surface area contributed by atoms with Crippen LogP contribution in [-0.4, -0.2) is 55.4 Å². The van der Waals surface area contributed by atoms with Crippen LogP contribution in [0.15, 0.2) is 72.8 Å². The van der Waals surface area contributed by atoms with Crippen molar-refractivity contribution in [2.45, 2.75) is 25.9 Å². The molecular formula is C27H28Cl2N4O6S. The average Bonchev–Trinajstić information content (AvgIpc) is 2.91. The molecule has 1 atom stereocenters. The Morgan fingerprint density at radius 3 is 2.27 bits per heavy atom. The van der Waals surface area contributed by atoms with E-state index in [1.54, 1.807) is 25.1 Å². The van der Waals surface area contributed by atoms with Crippen molar-refractivity contribution in [3.63, 3.8) is 0 Å². The zero-order valence-electron chi connectivity index (χ0n) is 21.8. The van der Waals surface area contributed by atoms with Crippen LogP contribution in [0.1, 0.15) is 18.1 Å². The first-order chi connectivity index (χ1) is 18.9. The van der Waals surface area contributed by atoms with E-state index in [0.717, 1.165) is 22.2 Å². The Balaban J connectivity index is 2.07. The molecule has 0 radical (unpaired) electrons. The number of benzene rings is 3. The first kappa shape index (κ1) is 30.9. The van der Waals surface area contributed by atoms with Crippen LogP contribution in [0.25, 0.3) is 0 Å². The fourth-order valence-corrected chi connectivity index (χ4v) is 5.22. The molecule has 0 unspecified atom stereocenters. The molecular weight excluding hydrogens is 579 g/mol. The van der Waals surface area contributed by atoms with Gasteiger partial charge in [-0.3, -0.25) is 24.0 Å². The number of carbonyl (C=O) groups is 2. The molecule has 2 amide bonds. The number of nitrogens with zero attached hydrogens (tertiary/aromatic N) is 3. The Hall–Kier alpha value is -3.67. The van der Waals surface area contributed by atoms with Gasteiger partial charge in [0.2, 0.25) is 21.8 Å². The lowest BCUT2D eigenvalue weighted by molar-refractivity contribution is -0.384. The third-order valence-corrected chi connectivity index (χ3v) is 7.85. The molecule has 0 fully saturated rings. The standard InChI is InChI=1S/C27H28Cl2N4O6S/c1-3-30-27(35)25(15-19-8-5-4-6-9-19)31(17-20-12-13-23(28)24(29)14-20)26(34)18-32(40(2,38)39)21-10-7-11-22(16-21)33(36)37/h4-14,16,25H,3,15,17-18H2,1-2H3,(H,30,35)/t25-/m0/s1. The van der Waals surface area contributed by atoms with Gasteiger partial charge < -0.3 is 10.2 Å². The number of nitrogens with one attached hydrogen (secondary N) is 1. The van der Waals surface area contributed by atoms with Crippen molar-refractivity contribution in [3.05, 3.63) is 104 Å². The Bertz CT molecular complexity index is 1490. The lowest BCUT2D eigenvalue weighted by atomic mass is 10.0. The van der Waals surface area contributed by atoms with Gasteiger partial charge in [0.25, 0.3) is 5.69 Å². The zero-order chi connectivity index (χ0) is 29.4. The van der Waals surface area contributed by atoms with E-state index in [0.29, 0.717) is 17.1 Å². The van der Waals surface area contributed by atoms with Crippen LogP contribution in [0.3, 0.4) is 0 Å². The minimum Gasteiger partial charge on any atom is -0.355 e. The highest BCUT2D eigenvalue weighted by molar-refractivity contribution is 7.92. The molecule has 0 aliphatic rings. The van der Waals surface area contributed by atoms with Gasteiger partial charge in [0, 0.05) is 31.6 Å². The maximum Gasteiger partial charge on any atom is 0.271 e. The van der Waals surface area contributed by atoms with E-state index in [-0.39, 0.29) is 29.4 Å². The van der Waals surface area contributed by atoms with Gasteiger partial charge in [-0.05, 0) is 36.2 Å². The minimum absolute atomic E-state index is 0.0582. The summed E-state index contributed by atoms with van der Waals surface area (Å²) < 4.78 is 26.3. The average molecular weight is 608 g/mol. The highest BCUT2D eigenvalue weighted by Gasteiger charge is 2.33. The van der Waals surface area contributed by atoms with Gasteiger partial charge >= 0.3 is 0 Å². The van der Waals surface area contributed by atoms with Gasteiger partial charge in [-0.1, -0.05) is 65.7 Å². The Morgan fingerprint density at radius 1 is 0.975 bits per heavy atom. The molecule has 3 aromatic rings. The second-order valence-corrected chi connectivity index (χ2v) is 11.6. The predicted molar refractivity (Wildman–Crippen MR) is 155 cm³/mol. The predicted octanol–water partition coefficient (Wildman–Crippen LogP) is 4.44. The molecule has 0 aromatic heterocycles. The van der Waals surface area contributed by atoms with E-state index in [2.05, 4.69) is 5.32 Å². The second kappa shape index (κ2) is 13.6. The van der Waals surface area contributed by atoms with Crippen LogP contribution in [0, 0.1) is 10.1 Å². The Morgan fingerprint density at radius 2 is 1.68 bits per heavy atom. The second-order valence-electron chi connectivity index (χ2n) is 8.92. The molecule has 0 bridgehead atoms. The first-order valence-electron chi connectivity index (χ1n) is 12.2. The van der Waals surface area contributed by atoms with E-state index in [4.69, 9.17) is 23.2 Å². The number of non-ortho nitro benzene ring substituents is 1. The van der Waals surface area contributed by atoms with Gasteiger partial charge in [0.15, 0.2) is 0 Å². The van der Waals surface area contributed by atoms with E-state index in [1.807, 2.05) is 30.3 Å².